The Hall–Kier alpha value is -2.57. The number of nitrogens with zero attached hydrogens (tertiary/aromatic N) is 1. The van der Waals surface area contributed by atoms with Gasteiger partial charge in [0, 0.05) is 25.6 Å². The lowest BCUT2D eigenvalue weighted by Gasteiger charge is -2.32. The second-order valence-electron chi connectivity index (χ2n) is 8.56. The molecule has 7 heteroatoms. The lowest BCUT2D eigenvalue weighted by molar-refractivity contribution is -0.131. The molecule has 0 atom stereocenters. The van der Waals surface area contributed by atoms with Crippen molar-refractivity contribution >= 4 is 17.9 Å². The van der Waals surface area contributed by atoms with Crippen LogP contribution in [0.2, 0.25) is 0 Å². The monoisotopic (exact) mass is 403 g/mol. The van der Waals surface area contributed by atoms with Gasteiger partial charge in [0.1, 0.15) is 12.1 Å². The van der Waals surface area contributed by atoms with Gasteiger partial charge < -0.3 is 20.3 Å². The highest BCUT2D eigenvalue weighted by molar-refractivity contribution is 5.82. The third kappa shape index (κ3) is 8.54. The molecule has 2 rings (SSSR count). The summed E-state index contributed by atoms with van der Waals surface area (Å²) >= 11 is 0. The van der Waals surface area contributed by atoms with Crippen molar-refractivity contribution in [1.82, 2.24) is 15.5 Å². The molecule has 1 fully saturated rings. The number of rotatable bonds is 6. The number of hydrogen-bond donors (Lipinski definition) is 2. The molecule has 2 N–H and O–H groups in total. The summed E-state index contributed by atoms with van der Waals surface area (Å²) in [6.07, 6.45) is 2.02. The van der Waals surface area contributed by atoms with Crippen molar-refractivity contribution in [3.8, 4) is 0 Å². The molecular formula is C22H33N3O4. The Morgan fingerprint density at radius 1 is 1.10 bits per heavy atom. The van der Waals surface area contributed by atoms with Gasteiger partial charge in [0.2, 0.25) is 11.8 Å². The van der Waals surface area contributed by atoms with Crippen LogP contribution in [0.1, 0.15) is 51.2 Å². The predicted octanol–water partition coefficient (Wildman–Crippen LogP) is 2.56. The summed E-state index contributed by atoms with van der Waals surface area (Å²) in [6, 6.07) is 8.30. The van der Waals surface area contributed by atoms with Crippen molar-refractivity contribution in [3.63, 3.8) is 0 Å². The van der Waals surface area contributed by atoms with E-state index in [9.17, 15) is 14.4 Å². The summed E-state index contributed by atoms with van der Waals surface area (Å²) in [4.78, 5) is 37.8. The van der Waals surface area contributed by atoms with Crippen molar-refractivity contribution in [2.24, 2.45) is 0 Å². The van der Waals surface area contributed by atoms with Gasteiger partial charge in [-0.3, -0.25) is 9.59 Å². The van der Waals surface area contributed by atoms with E-state index in [-0.39, 0.29) is 24.4 Å². The van der Waals surface area contributed by atoms with Gasteiger partial charge in [-0.05, 0) is 52.5 Å². The number of carbonyl (C=O) groups is 3. The van der Waals surface area contributed by atoms with E-state index in [0.29, 0.717) is 32.4 Å². The number of benzene rings is 1. The van der Waals surface area contributed by atoms with Crippen LogP contribution in [0.25, 0.3) is 0 Å². The Balaban J connectivity index is 1.65. The summed E-state index contributed by atoms with van der Waals surface area (Å²) in [6.45, 7) is 8.41. The van der Waals surface area contributed by atoms with Gasteiger partial charge in [-0.15, -0.1) is 0 Å². The first-order chi connectivity index (χ1) is 13.6. The van der Waals surface area contributed by atoms with Crippen molar-refractivity contribution in [3.05, 3.63) is 35.4 Å². The number of aryl methyl sites for hydroxylation is 2. The van der Waals surface area contributed by atoms with E-state index < -0.39 is 11.7 Å². The van der Waals surface area contributed by atoms with Gasteiger partial charge in [0.05, 0.1) is 0 Å². The first-order valence-electron chi connectivity index (χ1n) is 10.2. The average Bonchev–Trinajstić information content (AvgIpc) is 2.65. The summed E-state index contributed by atoms with van der Waals surface area (Å²) in [5.41, 5.74) is 1.77. The smallest absolute Gasteiger partial charge is 0.408 e. The van der Waals surface area contributed by atoms with Gasteiger partial charge >= 0.3 is 6.09 Å². The molecule has 0 unspecified atom stereocenters. The minimum absolute atomic E-state index is 0.0435. The van der Waals surface area contributed by atoms with Crippen molar-refractivity contribution in [2.45, 2.75) is 65.0 Å². The molecule has 0 saturated carbocycles. The van der Waals surface area contributed by atoms with Gasteiger partial charge in [0.25, 0.3) is 0 Å². The molecule has 29 heavy (non-hydrogen) atoms. The molecule has 1 aromatic rings. The highest BCUT2D eigenvalue weighted by Gasteiger charge is 2.24. The molecule has 0 bridgehead atoms. The van der Waals surface area contributed by atoms with Crippen LogP contribution in [0.3, 0.4) is 0 Å². The Labute approximate surface area is 173 Å². The first-order valence-corrected chi connectivity index (χ1v) is 10.2. The summed E-state index contributed by atoms with van der Waals surface area (Å²) in [7, 11) is 0. The lowest BCUT2D eigenvalue weighted by Crippen LogP contribution is -2.49. The molecule has 1 saturated heterocycles. The molecule has 7 nitrogen and oxygen atoms in total. The number of ether oxygens (including phenoxy) is 1. The molecule has 1 heterocycles. The number of likely N-dealkylation sites (tertiary alicyclic amines) is 1. The summed E-state index contributed by atoms with van der Waals surface area (Å²) in [5.74, 6) is -0.0954. The molecule has 3 amide bonds. The second kappa shape index (κ2) is 10.3. The van der Waals surface area contributed by atoms with Gasteiger partial charge in [-0.1, -0.05) is 29.8 Å². The molecule has 1 aliphatic heterocycles. The van der Waals surface area contributed by atoms with E-state index in [1.165, 1.54) is 5.56 Å². The third-order valence-electron chi connectivity index (χ3n) is 4.76. The molecule has 0 aliphatic carbocycles. The molecule has 0 aromatic heterocycles. The maximum absolute atomic E-state index is 12.2. The topological polar surface area (TPSA) is 87.7 Å². The van der Waals surface area contributed by atoms with Crippen LogP contribution in [0, 0.1) is 6.92 Å². The number of nitrogens with one attached hydrogen (secondary N) is 2. The Morgan fingerprint density at radius 3 is 2.31 bits per heavy atom. The number of hydrogen-bond acceptors (Lipinski definition) is 4. The zero-order valence-corrected chi connectivity index (χ0v) is 17.9. The second-order valence-corrected chi connectivity index (χ2v) is 8.56. The van der Waals surface area contributed by atoms with Crippen LogP contribution >= 0.6 is 0 Å². The molecule has 1 aromatic carbocycles. The normalized spacial score (nSPS) is 15.0. The number of alkyl carbamates (subject to hydrolysis) is 1. The molecule has 0 spiro atoms. The fourth-order valence-corrected chi connectivity index (χ4v) is 3.16. The molecule has 160 valence electrons. The summed E-state index contributed by atoms with van der Waals surface area (Å²) in [5, 5.41) is 5.56. The zero-order chi connectivity index (χ0) is 21.4. The first kappa shape index (κ1) is 22.7. The fraction of sp³-hybridized carbons (Fsp3) is 0.591. The van der Waals surface area contributed by atoms with Crippen LogP contribution in [-0.2, 0) is 20.7 Å². The van der Waals surface area contributed by atoms with Crippen LogP contribution in [0.4, 0.5) is 4.79 Å². The highest BCUT2D eigenvalue weighted by Crippen LogP contribution is 2.12. The van der Waals surface area contributed by atoms with E-state index >= 15 is 0 Å². The molecule has 1 aliphatic rings. The average molecular weight is 404 g/mol. The van der Waals surface area contributed by atoms with E-state index in [0.717, 1.165) is 12.0 Å². The maximum atomic E-state index is 12.2. The zero-order valence-electron chi connectivity index (χ0n) is 17.9. The Kier molecular flexibility index (Phi) is 8.05. The molecule has 0 radical (unpaired) electrons. The minimum Gasteiger partial charge on any atom is -0.444 e. The van der Waals surface area contributed by atoms with Gasteiger partial charge in [0.15, 0.2) is 0 Å². The van der Waals surface area contributed by atoms with E-state index in [1.807, 2.05) is 6.92 Å². The SMILES string of the molecule is Cc1ccc(CCC(=O)NC2CCN(C(=O)CNC(=O)OC(C)(C)C)CC2)cc1. The predicted molar refractivity (Wildman–Crippen MR) is 111 cm³/mol. The fourth-order valence-electron chi connectivity index (χ4n) is 3.16. The van der Waals surface area contributed by atoms with Crippen molar-refractivity contribution in [2.75, 3.05) is 19.6 Å². The van der Waals surface area contributed by atoms with Crippen LogP contribution < -0.4 is 10.6 Å². The highest BCUT2D eigenvalue weighted by atomic mass is 16.6. The number of piperidine rings is 1. The Bertz CT molecular complexity index is 702. The van der Waals surface area contributed by atoms with Crippen molar-refractivity contribution < 1.29 is 19.1 Å². The third-order valence-corrected chi connectivity index (χ3v) is 4.76. The van der Waals surface area contributed by atoms with E-state index in [2.05, 4.69) is 34.9 Å². The maximum Gasteiger partial charge on any atom is 0.408 e. The van der Waals surface area contributed by atoms with Crippen LogP contribution in [0.15, 0.2) is 24.3 Å². The lowest BCUT2D eigenvalue weighted by atomic mass is 10.0. The van der Waals surface area contributed by atoms with Crippen molar-refractivity contribution in [1.29, 1.82) is 0 Å². The number of amides is 3. The summed E-state index contributed by atoms with van der Waals surface area (Å²) < 4.78 is 5.13. The number of carbonyl (C=O) groups excluding carboxylic acids is 3. The Morgan fingerprint density at radius 2 is 1.72 bits per heavy atom. The van der Waals surface area contributed by atoms with E-state index in [1.54, 1.807) is 25.7 Å². The van der Waals surface area contributed by atoms with E-state index in [4.69, 9.17) is 4.74 Å². The van der Waals surface area contributed by atoms with Gasteiger partial charge in [-0.2, -0.15) is 0 Å². The standard InChI is InChI=1S/C22H33N3O4/c1-16-5-7-17(8-6-16)9-10-19(26)24-18-11-13-25(14-12-18)20(27)15-23-21(28)29-22(2,3)4/h5-8,18H,9-15H2,1-4H3,(H,23,28)(H,24,26). The van der Waals surface area contributed by atoms with Crippen LogP contribution in [-0.4, -0.2) is 54.1 Å². The van der Waals surface area contributed by atoms with Crippen LogP contribution in [0.5, 0.6) is 0 Å². The minimum atomic E-state index is -0.596. The van der Waals surface area contributed by atoms with Gasteiger partial charge in [-0.25, -0.2) is 4.79 Å². The molecular weight excluding hydrogens is 370 g/mol. The largest absolute Gasteiger partial charge is 0.444 e. The quantitative estimate of drug-likeness (QED) is 0.764.